The van der Waals surface area contributed by atoms with Gasteiger partial charge in [0.15, 0.2) is 5.96 Å². The molecule has 38 heavy (non-hydrogen) atoms. The third-order valence-electron chi connectivity index (χ3n) is 5.34. The Balaban J connectivity index is 0.000000638. The highest BCUT2D eigenvalue weighted by Crippen LogP contribution is 2.36. The van der Waals surface area contributed by atoms with E-state index in [2.05, 4.69) is 15.0 Å². The van der Waals surface area contributed by atoms with E-state index < -0.39 is 34.3 Å². The molecule has 0 aliphatic carbocycles. The Hall–Kier alpha value is -3.05. The van der Waals surface area contributed by atoms with E-state index >= 15 is 0 Å². The lowest BCUT2D eigenvalue weighted by molar-refractivity contribution is -0.192. The first-order chi connectivity index (χ1) is 17.7. The second-order valence-corrected chi connectivity index (χ2v) is 11.3. The number of hydrogen-bond acceptors (Lipinski definition) is 7. The number of sulfonamides is 1. The van der Waals surface area contributed by atoms with Crippen LogP contribution < -0.4 is 21.5 Å². The fourth-order valence-electron chi connectivity index (χ4n) is 3.67. The Labute approximate surface area is 221 Å². The number of guanidine groups is 1. The Bertz CT molecular complexity index is 1120. The highest BCUT2D eigenvalue weighted by atomic mass is 32.2. The molecule has 0 aromatic heterocycles. The van der Waals surface area contributed by atoms with Crippen LogP contribution in [0.1, 0.15) is 24.8 Å². The topological polar surface area (TPSA) is 197 Å². The van der Waals surface area contributed by atoms with Gasteiger partial charge in [0.2, 0.25) is 21.8 Å². The SMILES string of the molecule is NC(N)=NCCCNC(=O)[C@@H]1CS[C@H]2CC[C@H](NS(=O)(=O)Cc3ccccc3)C(=O)N21.O=C(O)C(F)(F)F. The molecule has 17 heteroatoms. The number of nitrogens with zero attached hydrogens (tertiary/aromatic N) is 2. The molecular weight excluding hydrogens is 553 g/mol. The van der Waals surface area contributed by atoms with Crippen LogP contribution in [0.2, 0.25) is 0 Å². The monoisotopic (exact) mass is 582 g/mol. The number of alkyl halides is 3. The van der Waals surface area contributed by atoms with Crippen LogP contribution in [0.15, 0.2) is 35.3 Å². The number of benzene rings is 1. The van der Waals surface area contributed by atoms with Crippen LogP contribution in [0, 0.1) is 0 Å². The number of piperidine rings is 1. The van der Waals surface area contributed by atoms with E-state index in [1.54, 1.807) is 36.0 Å². The number of thioether (sulfide) groups is 1. The summed E-state index contributed by atoms with van der Waals surface area (Å²) in [6.07, 6.45) is -3.47. The van der Waals surface area contributed by atoms with Crippen molar-refractivity contribution in [2.75, 3.05) is 18.8 Å². The van der Waals surface area contributed by atoms with Crippen LogP contribution in [-0.2, 0) is 30.2 Å². The second kappa shape index (κ2) is 13.7. The molecule has 2 fully saturated rings. The molecule has 2 saturated heterocycles. The maximum atomic E-state index is 13.1. The zero-order valence-electron chi connectivity index (χ0n) is 20.1. The van der Waals surface area contributed by atoms with Crippen LogP contribution in [0.25, 0.3) is 0 Å². The molecule has 0 saturated carbocycles. The molecule has 2 amide bonds. The number of nitrogens with one attached hydrogen (secondary N) is 2. The van der Waals surface area contributed by atoms with E-state index in [1.165, 1.54) is 4.90 Å². The van der Waals surface area contributed by atoms with Gasteiger partial charge in [-0.15, -0.1) is 11.8 Å². The van der Waals surface area contributed by atoms with Gasteiger partial charge in [0.1, 0.15) is 12.1 Å². The van der Waals surface area contributed by atoms with Gasteiger partial charge in [-0.3, -0.25) is 14.6 Å². The molecule has 1 aromatic rings. The summed E-state index contributed by atoms with van der Waals surface area (Å²) in [6.45, 7) is 0.787. The molecule has 7 N–H and O–H groups in total. The number of aliphatic imine (C=N–C) groups is 1. The second-order valence-electron chi connectivity index (χ2n) is 8.30. The van der Waals surface area contributed by atoms with E-state index in [0.717, 1.165) is 0 Å². The lowest BCUT2D eigenvalue weighted by Crippen LogP contribution is -2.59. The predicted molar refractivity (Wildman–Crippen MR) is 134 cm³/mol. The van der Waals surface area contributed by atoms with Gasteiger partial charge >= 0.3 is 12.1 Å². The Morgan fingerprint density at radius 2 is 1.82 bits per heavy atom. The van der Waals surface area contributed by atoms with Crippen molar-refractivity contribution in [2.45, 2.75) is 48.6 Å². The minimum Gasteiger partial charge on any atom is -0.475 e. The van der Waals surface area contributed by atoms with E-state index in [9.17, 15) is 31.2 Å². The van der Waals surface area contributed by atoms with Gasteiger partial charge in [-0.25, -0.2) is 17.9 Å². The summed E-state index contributed by atoms with van der Waals surface area (Å²) in [5.41, 5.74) is 11.2. The average Bonchev–Trinajstić information content (AvgIpc) is 3.25. The molecule has 2 aliphatic heterocycles. The van der Waals surface area contributed by atoms with Crippen molar-refractivity contribution in [2.24, 2.45) is 16.5 Å². The summed E-state index contributed by atoms with van der Waals surface area (Å²) < 4.78 is 59.4. The molecule has 3 atom stereocenters. The van der Waals surface area contributed by atoms with Crippen molar-refractivity contribution in [1.29, 1.82) is 0 Å². The highest BCUT2D eigenvalue weighted by Gasteiger charge is 2.47. The third kappa shape index (κ3) is 9.68. The number of carboxylic acids is 1. The van der Waals surface area contributed by atoms with Crippen LogP contribution in [0.3, 0.4) is 0 Å². The van der Waals surface area contributed by atoms with Gasteiger partial charge in [-0.05, 0) is 24.8 Å². The summed E-state index contributed by atoms with van der Waals surface area (Å²) in [6, 6.07) is 7.32. The van der Waals surface area contributed by atoms with Crippen molar-refractivity contribution < 1.29 is 41.1 Å². The number of halogens is 3. The maximum Gasteiger partial charge on any atom is 0.490 e. The molecule has 0 spiro atoms. The van der Waals surface area contributed by atoms with E-state index in [-0.39, 0.29) is 28.9 Å². The number of fused-ring (bicyclic) bond motifs is 1. The maximum absolute atomic E-state index is 13.1. The van der Waals surface area contributed by atoms with Gasteiger partial charge in [0.25, 0.3) is 0 Å². The summed E-state index contributed by atoms with van der Waals surface area (Å²) in [7, 11) is -3.70. The number of rotatable bonds is 9. The van der Waals surface area contributed by atoms with E-state index in [0.29, 0.717) is 43.7 Å². The van der Waals surface area contributed by atoms with Crippen LogP contribution >= 0.6 is 11.8 Å². The van der Waals surface area contributed by atoms with Gasteiger partial charge in [-0.2, -0.15) is 13.2 Å². The van der Waals surface area contributed by atoms with Gasteiger partial charge in [-0.1, -0.05) is 30.3 Å². The number of carbonyl (C=O) groups excluding carboxylic acids is 2. The minimum atomic E-state index is -5.08. The van der Waals surface area contributed by atoms with Crippen molar-refractivity contribution in [3.8, 4) is 0 Å². The molecule has 1 aromatic carbocycles. The smallest absolute Gasteiger partial charge is 0.475 e. The molecule has 3 rings (SSSR count). The van der Waals surface area contributed by atoms with Crippen LogP contribution in [0.5, 0.6) is 0 Å². The molecule has 0 radical (unpaired) electrons. The van der Waals surface area contributed by atoms with Crippen molar-refractivity contribution in [3.05, 3.63) is 35.9 Å². The van der Waals surface area contributed by atoms with Crippen molar-refractivity contribution in [1.82, 2.24) is 14.9 Å². The normalized spacial score (nSPS) is 21.1. The lowest BCUT2D eigenvalue weighted by Gasteiger charge is -2.36. The zero-order chi connectivity index (χ0) is 28.5. The number of hydrogen-bond donors (Lipinski definition) is 5. The van der Waals surface area contributed by atoms with Gasteiger partial charge in [0.05, 0.1) is 11.1 Å². The van der Waals surface area contributed by atoms with Crippen molar-refractivity contribution in [3.63, 3.8) is 0 Å². The lowest BCUT2D eigenvalue weighted by atomic mass is 10.0. The Kier molecular flexibility index (Phi) is 11.2. The van der Waals surface area contributed by atoms with Crippen LogP contribution in [-0.4, -0.2) is 84.6 Å². The average molecular weight is 583 g/mol. The van der Waals surface area contributed by atoms with E-state index in [1.807, 2.05) is 6.07 Å². The molecule has 2 heterocycles. The number of amides is 2. The first-order valence-corrected chi connectivity index (χ1v) is 14.0. The zero-order valence-corrected chi connectivity index (χ0v) is 21.7. The molecule has 12 nitrogen and oxygen atoms in total. The van der Waals surface area contributed by atoms with E-state index in [4.69, 9.17) is 21.4 Å². The summed E-state index contributed by atoms with van der Waals surface area (Å²) in [5, 5.41) is 9.83. The summed E-state index contributed by atoms with van der Waals surface area (Å²) >= 11 is 1.55. The van der Waals surface area contributed by atoms with Crippen LogP contribution in [0.4, 0.5) is 13.2 Å². The third-order valence-corrected chi connectivity index (χ3v) is 8.06. The number of aliphatic carboxylic acids is 1. The summed E-state index contributed by atoms with van der Waals surface area (Å²) in [4.78, 5) is 40.0. The molecular formula is C21H29F3N6O6S2. The first kappa shape index (κ1) is 31.2. The molecule has 0 unspecified atom stereocenters. The molecule has 2 aliphatic rings. The fourth-order valence-corrected chi connectivity index (χ4v) is 6.47. The minimum absolute atomic E-state index is 0.000957. The van der Waals surface area contributed by atoms with Crippen molar-refractivity contribution >= 4 is 45.5 Å². The fraction of sp³-hybridized carbons (Fsp3) is 0.524. The molecule has 212 valence electrons. The quantitative estimate of drug-likeness (QED) is 0.151. The number of nitrogens with two attached hydrogens (primary N) is 2. The predicted octanol–water partition coefficient (Wildman–Crippen LogP) is -0.0485. The highest BCUT2D eigenvalue weighted by molar-refractivity contribution is 8.00. The largest absolute Gasteiger partial charge is 0.490 e. The first-order valence-electron chi connectivity index (χ1n) is 11.3. The Morgan fingerprint density at radius 3 is 2.39 bits per heavy atom. The Morgan fingerprint density at radius 1 is 1.18 bits per heavy atom. The summed E-state index contributed by atoms with van der Waals surface area (Å²) in [5.74, 6) is -3.07. The number of carboxylic acid groups (broad SMARTS) is 1. The molecule has 0 bridgehead atoms. The van der Waals surface area contributed by atoms with Gasteiger partial charge in [0, 0.05) is 18.8 Å². The standard InChI is InChI=1S/C19H28N6O4S2.C2HF3O2/c20-19(21)23-10-4-9-22-17(26)15-11-30-16-8-7-14(18(27)25(15)16)24-31(28,29)12-13-5-2-1-3-6-13;3-2(4,5)1(6)7/h1-3,5-6,14-16,24H,4,7-12H2,(H,22,26)(H4,20,21,23);(H,6,7)/t14-,15-,16-;/m0./s1. The number of carbonyl (C=O) groups is 3. The van der Waals surface area contributed by atoms with Gasteiger partial charge < -0.3 is 26.8 Å².